The van der Waals surface area contributed by atoms with Crippen LogP contribution >= 0.6 is 0 Å². The third-order valence-electron chi connectivity index (χ3n) is 5.51. The Morgan fingerprint density at radius 3 is 2.45 bits per heavy atom. The number of hydrogen-bond donors (Lipinski definition) is 1. The number of hydrogen-bond acceptors (Lipinski definition) is 5. The molecule has 0 saturated carbocycles. The molecule has 1 aliphatic heterocycles. The Labute approximate surface area is 190 Å². The van der Waals surface area contributed by atoms with Gasteiger partial charge < -0.3 is 19.2 Å². The largest absolute Gasteiger partial charge is 0.507 e. The van der Waals surface area contributed by atoms with Crippen LogP contribution in [-0.4, -0.2) is 34.8 Å². The van der Waals surface area contributed by atoms with Gasteiger partial charge in [0.25, 0.3) is 11.7 Å². The standard InChI is InChI=1S/C26H24FNO5/c1-2-15-32-20-11-7-18(8-12-20)24(29)22-23(21-4-3-16-33-21)28(26(31)25(22)30)14-13-17-5-9-19(27)10-6-17/h3-12,16,23,29H,2,13-15H2,1H3/b24-22-. The second-order valence-electron chi connectivity index (χ2n) is 7.76. The van der Waals surface area contributed by atoms with E-state index < -0.39 is 17.7 Å². The van der Waals surface area contributed by atoms with E-state index in [1.165, 1.54) is 23.3 Å². The summed E-state index contributed by atoms with van der Waals surface area (Å²) in [5.41, 5.74) is 1.18. The van der Waals surface area contributed by atoms with E-state index in [9.17, 15) is 19.1 Å². The number of benzene rings is 2. The number of ketones is 1. The highest BCUT2D eigenvalue weighted by molar-refractivity contribution is 6.46. The first-order chi connectivity index (χ1) is 16.0. The van der Waals surface area contributed by atoms with Gasteiger partial charge in [0.1, 0.15) is 29.1 Å². The molecule has 6 nitrogen and oxygen atoms in total. The lowest BCUT2D eigenvalue weighted by atomic mass is 9.99. The number of aliphatic hydroxyl groups is 1. The highest BCUT2D eigenvalue weighted by atomic mass is 19.1. The highest BCUT2D eigenvalue weighted by Gasteiger charge is 2.47. The maximum Gasteiger partial charge on any atom is 0.295 e. The molecule has 4 rings (SSSR count). The van der Waals surface area contributed by atoms with E-state index in [1.807, 2.05) is 6.92 Å². The Morgan fingerprint density at radius 2 is 1.82 bits per heavy atom. The van der Waals surface area contributed by atoms with Gasteiger partial charge in [0.05, 0.1) is 18.4 Å². The summed E-state index contributed by atoms with van der Waals surface area (Å²) in [4.78, 5) is 27.3. The number of likely N-dealkylation sites (tertiary alicyclic amines) is 1. The quantitative estimate of drug-likeness (QED) is 0.301. The van der Waals surface area contributed by atoms with Crippen molar-refractivity contribution < 1.29 is 28.2 Å². The molecule has 0 bridgehead atoms. The van der Waals surface area contributed by atoms with Crippen LogP contribution in [0.3, 0.4) is 0 Å². The van der Waals surface area contributed by atoms with Gasteiger partial charge in [-0.2, -0.15) is 0 Å². The summed E-state index contributed by atoms with van der Waals surface area (Å²) in [5, 5.41) is 11.0. The molecule has 1 saturated heterocycles. The summed E-state index contributed by atoms with van der Waals surface area (Å²) in [6.07, 6.45) is 2.73. The highest BCUT2D eigenvalue weighted by Crippen LogP contribution is 2.39. The molecule has 0 radical (unpaired) electrons. The number of halogens is 1. The SMILES string of the molecule is CCCOc1ccc(/C(O)=C2/C(=O)C(=O)N(CCc3ccc(F)cc3)C2c2ccco2)cc1. The molecule has 1 aliphatic rings. The minimum Gasteiger partial charge on any atom is -0.507 e. The van der Waals surface area contributed by atoms with Crippen LogP contribution in [-0.2, 0) is 16.0 Å². The monoisotopic (exact) mass is 449 g/mol. The molecule has 1 unspecified atom stereocenters. The smallest absolute Gasteiger partial charge is 0.295 e. The number of carbonyl (C=O) groups is 2. The normalized spacial score (nSPS) is 17.5. The fourth-order valence-corrected chi connectivity index (χ4v) is 3.84. The van der Waals surface area contributed by atoms with Crippen molar-refractivity contribution in [3.05, 3.63) is 95.2 Å². The Bertz CT molecular complexity index is 1150. The second-order valence-corrected chi connectivity index (χ2v) is 7.76. The van der Waals surface area contributed by atoms with Gasteiger partial charge in [-0.25, -0.2) is 4.39 Å². The molecule has 170 valence electrons. The molecule has 1 atom stereocenters. The third-order valence-corrected chi connectivity index (χ3v) is 5.51. The van der Waals surface area contributed by atoms with Crippen LogP contribution in [0.1, 0.15) is 36.3 Å². The van der Waals surface area contributed by atoms with Crippen molar-refractivity contribution in [2.75, 3.05) is 13.2 Å². The number of Topliss-reactive ketones (excluding diaryl/α,β-unsaturated/α-hetero) is 1. The fourth-order valence-electron chi connectivity index (χ4n) is 3.84. The zero-order chi connectivity index (χ0) is 23.4. The summed E-state index contributed by atoms with van der Waals surface area (Å²) in [6.45, 7) is 2.77. The van der Waals surface area contributed by atoms with E-state index in [0.29, 0.717) is 30.1 Å². The lowest BCUT2D eigenvalue weighted by molar-refractivity contribution is -0.140. The number of carbonyl (C=O) groups excluding carboxylic acids is 2. The molecular weight excluding hydrogens is 425 g/mol. The maximum absolute atomic E-state index is 13.2. The van der Waals surface area contributed by atoms with Gasteiger partial charge in [0.2, 0.25) is 0 Å². The van der Waals surface area contributed by atoms with Crippen molar-refractivity contribution in [2.24, 2.45) is 0 Å². The topological polar surface area (TPSA) is 80.0 Å². The van der Waals surface area contributed by atoms with Crippen LogP contribution < -0.4 is 4.74 Å². The summed E-state index contributed by atoms with van der Waals surface area (Å²) >= 11 is 0. The fraction of sp³-hybridized carbons (Fsp3) is 0.231. The van der Waals surface area contributed by atoms with Gasteiger partial charge >= 0.3 is 0 Å². The van der Waals surface area contributed by atoms with E-state index in [0.717, 1.165) is 12.0 Å². The van der Waals surface area contributed by atoms with Gasteiger partial charge in [-0.15, -0.1) is 0 Å². The molecule has 33 heavy (non-hydrogen) atoms. The van der Waals surface area contributed by atoms with Crippen molar-refractivity contribution in [1.82, 2.24) is 4.90 Å². The first kappa shape index (κ1) is 22.3. The molecule has 7 heteroatoms. The minimum atomic E-state index is -0.864. The van der Waals surface area contributed by atoms with E-state index in [2.05, 4.69) is 0 Å². The van der Waals surface area contributed by atoms with Gasteiger partial charge in [0, 0.05) is 12.1 Å². The molecular formula is C26H24FNO5. The van der Waals surface area contributed by atoms with Crippen LogP contribution in [0.5, 0.6) is 5.75 Å². The first-order valence-corrected chi connectivity index (χ1v) is 10.8. The van der Waals surface area contributed by atoms with Crippen molar-refractivity contribution >= 4 is 17.4 Å². The van der Waals surface area contributed by atoms with E-state index in [-0.39, 0.29) is 23.7 Å². The van der Waals surface area contributed by atoms with E-state index in [4.69, 9.17) is 9.15 Å². The molecule has 2 heterocycles. The number of furan rings is 1. The van der Waals surface area contributed by atoms with Crippen molar-refractivity contribution in [1.29, 1.82) is 0 Å². The molecule has 1 N–H and O–H groups in total. The van der Waals surface area contributed by atoms with Crippen LogP contribution in [0.4, 0.5) is 4.39 Å². The van der Waals surface area contributed by atoms with Crippen molar-refractivity contribution in [3.8, 4) is 5.75 Å². The van der Waals surface area contributed by atoms with Gasteiger partial charge in [-0.05, 0) is 66.9 Å². The number of nitrogens with zero attached hydrogens (tertiary/aromatic N) is 1. The lowest BCUT2D eigenvalue weighted by Crippen LogP contribution is -2.31. The molecule has 1 aromatic heterocycles. The number of rotatable bonds is 8. The average Bonchev–Trinajstić information content (AvgIpc) is 3.44. The lowest BCUT2D eigenvalue weighted by Gasteiger charge is -2.23. The van der Waals surface area contributed by atoms with Crippen molar-refractivity contribution in [3.63, 3.8) is 0 Å². The number of amides is 1. The molecule has 1 fully saturated rings. The zero-order valence-electron chi connectivity index (χ0n) is 18.2. The Morgan fingerprint density at radius 1 is 1.09 bits per heavy atom. The summed E-state index contributed by atoms with van der Waals surface area (Å²) < 4.78 is 24.3. The maximum atomic E-state index is 13.2. The Kier molecular flexibility index (Phi) is 6.58. The summed E-state index contributed by atoms with van der Waals surface area (Å²) in [5.74, 6) is -1.10. The van der Waals surface area contributed by atoms with E-state index in [1.54, 1.807) is 48.5 Å². The number of aliphatic hydroxyl groups excluding tert-OH is 1. The van der Waals surface area contributed by atoms with E-state index >= 15 is 0 Å². The van der Waals surface area contributed by atoms with Gasteiger partial charge in [-0.3, -0.25) is 9.59 Å². The molecule has 0 aliphatic carbocycles. The van der Waals surface area contributed by atoms with Gasteiger partial charge in [-0.1, -0.05) is 19.1 Å². The summed E-state index contributed by atoms with van der Waals surface area (Å²) in [6, 6.07) is 15.1. The first-order valence-electron chi connectivity index (χ1n) is 10.8. The van der Waals surface area contributed by atoms with Gasteiger partial charge in [0.15, 0.2) is 0 Å². The second kappa shape index (κ2) is 9.73. The molecule has 3 aromatic rings. The summed E-state index contributed by atoms with van der Waals surface area (Å²) in [7, 11) is 0. The predicted molar refractivity (Wildman–Crippen MR) is 120 cm³/mol. The minimum absolute atomic E-state index is 0.0312. The Hall–Kier alpha value is -3.87. The third kappa shape index (κ3) is 4.67. The molecule has 0 spiro atoms. The molecule has 1 amide bonds. The Balaban J connectivity index is 1.66. The molecule has 2 aromatic carbocycles. The van der Waals surface area contributed by atoms with Crippen LogP contribution in [0, 0.1) is 5.82 Å². The van der Waals surface area contributed by atoms with Crippen molar-refractivity contribution in [2.45, 2.75) is 25.8 Å². The predicted octanol–water partition coefficient (Wildman–Crippen LogP) is 4.87. The number of ether oxygens (including phenoxy) is 1. The van der Waals surface area contributed by atoms with Crippen LogP contribution in [0.25, 0.3) is 5.76 Å². The van der Waals surface area contributed by atoms with Crippen LogP contribution in [0.15, 0.2) is 76.9 Å². The average molecular weight is 449 g/mol. The van der Waals surface area contributed by atoms with Crippen LogP contribution in [0.2, 0.25) is 0 Å². The zero-order valence-corrected chi connectivity index (χ0v) is 18.2.